The molecule has 2 unspecified atom stereocenters. The fourth-order valence-corrected chi connectivity index (χ4v) is 2.92. The second-order valence-corrected chi connectivity index (χ2v) is 11.2. The van der Waals surface area contributed by atoms with Crippen molar-refractivity contribution in [1.29, 1.82) is 0 Å². The molecule has 0 aromatic rings. The third kappa shape index (κ3) is 3.67. The molecule has 1 aliphatic carbocycles. The molecule has 0 aromatic heterocycles. The highest BCUT2D eigenvalue weighted by Crippen LogP contribution is 2.39. The van der Waals surface area contributed by atoms with Crippen LogP contribution in [0, 0.1) is 0 Å². The van der Waals surface area contributed by atoms with Crippen molar-refractivity contribution in [2.24, 2.45) is 0 Å². The van der Waals surface area contributed by atoms with Gasteiger partial charge in [-0.1, -0.05) is 26.8 Å². The second-order valence-electron chi connectivity index (χ2n) is 6.42. The van der Waals surface area contributed by atoms with Gasteiger partial charge >= 0.3 is 5.97 Å². The molecule has 0 amide bonds. The average molecular weight is 272 g/mol. The summed E-state index contributed by atoms with van der Waals surface area (Å²) in [5.41, 5.74) is 0. The van der Waals surface area contributed by atoms with Gasteiger partial charge in [0.05, 0.1) is 6.10 Å². The molecular formula is C13H24O4Si. The van der Waals surface area contributed by atoms with E-state index in [1.165, 1.54) is 13.0 Å². The molecule has 1 aliphatic rings. The van der Waals surface area contributed by atoms with E-state index in [1.54, 1.807) is 6.08 Å². The van der Waals surface area contributed by atoms with E-state index in [0.29, 0.717) is 0 Å². The molecule has 5 heteroatoms. The summed E-state index contributed by atoms with van der Waals surface area (Å²) >= 11 is 0. The van der Waals surface area contributed by atoms with E-state index in [4.69, 9.17) is 9.16 Å². The monoisotopic (exact) mass is 272 g/mol. The van der Waals surface area contributed by atoms with Gasteiger partial charge in [-0.2, -0.15) is 0 Å². The van der Waals surface area contributed by atoms with Gasteiger partial charge in [0.1, 0.15) is 0 Å². The van der Waals surface area contributed by atoms with Crippen LogP contribution in [0.5, 0.6) is 0 Å². The van der Waals surface area contributed by atoms with Gasteiger partial charge in [0.2, 0.25) is 5.79 Å². The SMILES string of the molecule is CC(=O)OC1(O)C=CC(O[Si](C)(C)C(C)(C)C)C1. The van der Waals surface area contributed by atoms with Gasteiger partial charge < -0.3 is 14.3 Å². The minimum Gasteiger partial charge on any atom is -0.429 e. The molecule has 18 heavy (non-hydrogen) atoms. The van der Waals surface area contributed by atoms with Crippen LogP contribution in [0.1, 0.15) is 34.1 Å². The molecule has 0 radical (unpaired) electrons. The minimum absolute atomic E-state index is 0.114. The summed E-state index contributed by atoms with van der Waals surface area (Å²) in [5.74, 6) is -1.99. The van der Waals surface area contributed by atoms with Crippen LogP contribution >= 0.6 is 0 Å². The fraction of sp³-hybridized carbons (Fsp3) is 0.769. The highest BCUT2D eigenvalue weighted by molar-refractivity contribution is 6.74. The normalized spacial score (nSPS) is 28.5. The van der Waals surface area contributed by atoms with Crippen LogP contribution in [-0.2, 0) is 14.0 Å². The number of carbonyl (C=O) groups excluding carboxylic acids is 1. The first-order valence-corrected chi connectivity index (χ1v) is 9.15. The summed E-state index contributed by atoms with van der Waals surface area (Å²) in [5, 5.41) is 10.2. The van der Waals surface area contributed by atoms with Crippen molar-refractivity contribution in [2.75, 3.05) is 0 Å². The first-order valence-electron chi connectivity index (χ1n) is 6.24. The van der Waals surface area contributed by atoms with Gasteiger partial charge in [0.25, 0.3) is 0 Å². The Hall–Kier alpha value is -0.653. The van der Waals surface area contributed by atoms with Crippen LogP contribution in [0.25, 0.3) is 0 Å². The van der Waals surface area contributed by atoms with Crippen LogP contribution in [0.15, 0.2) is 12.2 Å². The molecule has 2 atom stereocenters. The molecule has 104 valence electrons. The van der Waals surface area contributed by atoms with E-state index in [2.05, 4.69) is 33.9 Å². The van der Waals surface area contributed by atoms with Crippen LogP contribution in [0.4, 0.5) is 0 Å². The summed E-state index contributed by atoms with van der Waals surface area (Å²) in [4.78, 5) is 10.9. The van der Waals surface area contributed by atoms with Crippen LogP contribution in [-0.4, -0.2) is 31.3 Å². The van der Waals surface area contributed by atoms with Crippen molar-refractivity contribution in [3.63, 3.8) is 0 Å². The fourth-order valence-electron chi connectivity index (χ4n) is 1.64. The zero-order valence-corrected chi connectivity index (χ0v) is 13.1. The molecule has 1 rings (SSSR count). The van der Waals surface area contributed by atoms with Crippen molar-refractivity contribution >= 4 is 14.3 Å². The number of hydrogen-bond acceptors (Lipinski definition) is 4. The summed E-state index contributed by atoms with van der Waals surface area (Å²) in [6.07, 6.45) is 3.38. The first kappa shape index (κ1) is 15.4. The van der Waals surface area contributed by atoms with E-state index in [9.17, 15) is 9.90 Å². The Kier molecular flexibility index (Phi) is 4.10. The zero-order chi connectivity index (χ0) is 14.2. The molecule has 0 saturated heterocycles. The third-order valence-corrected chi connectivity index (χ3v) is 8.14. The molecule has 1 N–H and O–H groups in total. The summed E-state index contributed by atoms with van der Waals surface area (Å²) in [6.45, 7) is 12.1. The predicted molar refractivity (Wildman–Crippen MR) is 72.5 cm³/mol. The predicted octanol–water partition coefficient (Wildman–Crippen LogP) is 2.59. The van der Waals surface area contributed by atoms with Crippen LogP contribution in [0.3, 0.4) is 0 Å². The molecule has 4 nitrogen and oxygen atoms in total. The third-order valence-electron chi connectivity index (χ3n) is 3.64. The molecule has 0 fully saturated rings. The number of aliphatic hydroxyl groups is 1. The maximum atomic E-state index is 10.9. The lowest BCUT2D eigenvalue weighted by molar-refractivity contribution is -0.190. The summed E-state index contributed by atoms with van der Waals surface area (Å²) < 4.78 is 11.0. The van der Waals surface area contributed by atoms with E-state index in [1.807, 2.05) is 0 Å². The lowest BCUT2D eigenvalue weighted by Crippen LogP contribution is -2.44. The van der Waals surface area contributed by atoms with Crippen LogP contribution < -0.4 is 0 Å². The Labute approximate surface area is 110 Å². The molecule has 0 spiro atoms. The number of ether oxygens (including phenoxy) is 1. The van der Waals surface area contributed by atoms with E-state index < -0.39 is 20.1 Å². The topological polar surface area (TPSA) is 55.8 Å². The van der Waals surface area contributed by atoms with Crippen molar-refractivity contribution < 1.29 is 19.1 Å². The summed E-state index contributed by atoms with van der Waals surface area (Å²) in [6, 6.07) is 0. The average Bonchev–Trinajstić information content (AvgIpc) is 2.42. The highest BCUT2D eigenvalue weighted by Gasteiger charge is 2.43. The lowest BCUT2D eigenvalue weighted by Gasteiger charge is -2.38. The largest absolute Gasteiger partial charge is 0.429 e. The number of carbonyl (C=O) groups is 1. The van der Waals surface area contributed by atoms with Crippen LogP contribution in [0.2, 0.25) is 18.1 Å². The van der Waals surface area contributed by atoms with Gasteiger partial charge in [-0.05, 0) is 24.2 Å². The smallest absolute Gasteiger partial charge is 0.305 e. The summed E-state index contributed by atoms with van der Waals surface area (Å²) in [7, 11) is -1.88. The second kappa shape index (κ2) is 4.79. The zero-order valence-electron chi connectivity index (χ0n) is 12.1. The quantitative estimate of drug-likeness (QED) is 0.371. The Balaban J connectivity index is 2.65. The molecular weight excluding hydrogens is 248 g/mol. The van der Waals surface area contributed by atoms with Crippen molar-refractivity contribution in [2.45, 2.75) is 64.1 Å². The van der Waals surface area contributed by atoms with E-state index in [0.717, 1.165) is 0 Å². The van der Waals surface area contributed by atoms with Crippen molar-refractivity contribution in [3.8, 4) is 0 Å². The van der Waals surface area contributed by atoms with E-state index in [-0.39, 0.29) is 17.6 Å². The molecule has 0 aromatic carbocycles. The Morgan fingerprint density at radius 2 is 2.00 bits per heavy atom. The van der Waals surface area contributed by atoms with Gasteiger partial charge in [-0.3, -0.25) is 4.79 Å². The Bertz CT molecular complexity index is 356. The lowest BCUT2D eigenvalue weighted by atomic mass is 10.2. The van der Waals surface area contributed by atoms with Gasteiger partial charge in [-0.25, -0.2) is 0 Å². The van der Waals surface area contributed by atoms with E-state index >= 15 is 0 Å². The highest BCUT2D eigenvalue weighted by atomic mass is 28.4. The number of rotatable bonds is 3. The molecule has 0 saturated carbocycles. The van der Waals surface area contributed by atoms with Gasteiger partial charge in [0, 0.05) is 13.3 Å². The molecule has 0 bridgehead atoms. The number of hydrogen-bond donors (Lipinski definition) is 1. The minimum atomic E-state index is -1.88. The maximum Gasteiger partial charge on any atom is 0.305 e. The maximum absolute atomic E-state index is 10.9. The molecule has 0 aliphatic heterocycles. The standard InChI is InChI=1S/C13H24O4Si/c1-10(14)16-13(15)8-7-11(9-13)17-18(5,6)12(2,3)4/h7-8,11,15H,9H2,1-6H3. The Morgan fingerprint density at radius 3 is 2.44 bits per heavy atom. The molecule has 0 heterocycles. The van der Waals surface area contributed by atoms with Gasteiger partial charge in [-0.15, -0.1) is 0 Å². The van der Waals surface area contributed by atoms with Gasteiger partial charge in [0.15, 0.2) is 8.32 Å². The Morgan fingerprint density at radius 1 is 1.44 bits per heavy atom. The number of esters is 1. The van der Waals surface area contributed by atoms with Crippen molar-refractivity contribution in [1.82, 2.24) is 0 Å². The van der Waals surface area contributed by atoms with Crippen molar-refractivity contribution in [3.05, 3.63) is 12.2 Å². The first-order chi connectivity index (χ1) is 7.95.